The van der Waals surface area contributed by atoms with Crippen molar-refractivity contribution >= 4 is 34.7 Å². The third-order valence-corrected chi connectivity index (χ3v) is 5.58. The molecule has 2 aliphatic heterocycles. The van der Waals surface area contributed by atoms with Gasteiger partial charge in [0.15, 0.2) is 5.82 Å². The number of nitrogens with zero attached hydrogens (tertiary/aromatic N) is 5. The van der Waals surface area contributed by atoms with Crippen LogP contribution in [0.25, 0.3) is 0 Å². The molecule has 1 aromatic heterocycles. The van der Waals surface area contributed by atoms with E-state index in [1.165, 1.54) is 0 Å². The lowest BCUT2D eigenvalue weighted by Gasteiger charge is -2.33. The monoisotopic (exact) mass is 385 g/mol. The first-order valence-electron chi connectivity index (χ1n) is 9.22. The van der Waals surface area contributed by atoms with Crippen molar-refractivity contribution in [1.29, 1.82) is 0 Å². The van der Waals surface area contributed by atoms with E-state index < -0.39 is 0 Å². The Morgan fingerprint density at radius 1 is 1.04 bits per heavy atom. The van der Waals surface area contributed by atoms with Crippen molar-refractivity contribution in [3.8, 4) is 0 Å². The van der Waals surface area contributed by atoms with Crippen LogP contribution < -0.4 is 9.80 Å². The van der Waals surface area contributed by atoms with Crippen molar-refractivity contribution in [2.24, 2.45) is 0 Å². The number of carbonyl (C=O) groups is 1. The van der Waals surface area contributed by atoms with E-state index >= 15 is 0 Å². The number of aromatic nitrogens is 1. The fourth-order valence-corrected chi connectivity index (χ4v) is 3.87. The minimum Gasteiger partial charge on any atom is -0.327 e. The van der Waals surface area contributed by atoms with Crippen molar-refractivity contribution in [3.63, 3.8) is 0 Å². The lowest BCUT2D eigenvalue weighted by Crippen LogP contribution is -2.48. The maximum atomic E-state index is 13.3. The number of likely N-dealkylation sites (N-methyl/N-ethyl adjacent to an activating group) is 1. The minimum absolute atomic E-state index is 0.0926. The molecule has 1 aromatic carbocycles. The SMILES string of the molecule is CN1CCN(CC(=O)N2Cc3ccccc3N(C)c3nc(Cl)ccc32)CC1. The number of halogens is 1. The number of amides is 1. The van der Waals surface area contributed by atoms with E-state index in [4.69, 9.17) is 11.6 Å². The van der Waals surface area contributed by atoms with Gasteiger partial charge in [-0.25, -0.2) is 4.98 Å². The van der Waals surface area contributed by atoms with Crippen LogP contribution >= 0.6 is 11.6 Å². The molecule has 6 nitrogen and oxygen atoms in total. The topological polar surface area (TPSA) is 42.9 Å². The maximum Gasteiger partial charge on any atom is 0.241 e. The van der Waals surface area contributed by atoms with Gasteiger partial charge in [0.05, 0.1) is 18.8 Å². The highest BCUT2D eigenvalue weighted by molar-refractivity contribution is 6.29. The number of anilines is 3. The van der Waals surface area contributed by atoms with Gasteiger partial charge in [-0.2, -0.15) is 0 Å². The molecule has 1 amide bonds. The summed E-state index contributed by atoms with van der Waals surface area (Å²) in [6.45, 7) is 4.76. The van der Waals surface area contributed by atoms with Crippen LogP contribution in [0, 0.1) is 0 Å². The molecule has 142 valence electrons. The quantitative estimate of drug-likeness (QED) is 0.743. The van der Waals surface area contributed by atoms with Crippen molar-refractivity contribution in [2.75, 3.05) is 56.6 Å². The maximum absolute atomic E-state index is 13.3. The Bertz CT molecular complexity index is 850. The molecule has 0 radical (unpaired) electrons. The fraction of sp³-hybridized carbons (Fsp3) is 0.400. The number of pyridine rings is 1. The van der Waals surface area contributed by atoms with Gasteiger partial charge in [0.2, 0.25) is 5.91 Å². The molecule has 2 aromatic rings. The average molecular weight is 386 g/mol. The normalized spacial score (nSPS) is 18.0. The first kappa shape index (κ1) is 18.2. The van der Waals surface area contributed by atoms with Crippen LogP contribution in [0.3, 0.4) is 0 Å². The summed E-state index contributed by atoms with van der Waals surface area (Å²) >= 11 is 6.16. The Hall–Kier alpha value is -2.15. The first-order chi connectivity index (χ1) is 13.0. The van der Waals surface area contributed by atoms with Gasteiger partial charge in [-0.15, -0.1) is 0 Å². The lowest BCUT2D eigenvalue weighted by atomic mass is 10.1. The van der Waals surface area contributed by atoms with Crippen LogP contribution in [0.15, 0.2) is 36.4 Å². The number of para-hydroxylation sites is 1. The summed E-state index contributed by atoms with van der Waals surface area (Å²) in [5.74, 6) is 0.800. The molecule has 0 saturated carbocycles. The molecular formula is C20H24ClN5O. The number of carbonyl (C=O) groups excluding carboxylic acids is 1. The number of fused-ring (bicyclic) bond motifs is 2. The van der Waals surface area contributed by atoms with Gasteiger partial charge >= 0.3 is 0 Å². The van der Waals surface area contributed by atoms with Crippen LogP contribution in [-0.2, 0) is 11.3 Å². The van der Waals surface area contributed by atoms with E-state index in [1.807, 2.05) is 35.0 Å². The summed E-state index contributed by atoms with van der Waals surface area (Å²) in [7, 11) is 4.09. The zero-order valence-electron chi connectivity index (χ0n) is 15.7. The number of rotatable bonds is 2. The summed E-state index contributed by atoms with van der Waals surface area (Å²) < 4.78 is 0. The molecule has 0 aliphatic carbocycles. The van der Waals surface area contributed by atoms with Crippen molar-refractivity contribution in [1.82, 2.24) is 14.8 Å². The number of hydrogen-bond acceptors (Lipinski definition) is 5. The second-order valence-electron chi connectivity index (χ2n) is 7.22. The van der Waals surface area contributed by atoms with Crippen LogP contribution in [0.5, 0.6) is 0 Å². The highest BCUT2D eigenvalue weighted by Crippen LogP contribution is 2.39. The Labute approximate surface area is 164 Å². The summed E-state index contributed by atoms with van der Waals surface area (Å²) in [5.41, 5.74) is 2.95. The molecule has 0 N–H and O–H groups in total. The summed E-state index contributed by atoms with van der Waals surface area (Å²) in [6.07, 6.45) is 0. The largest absolute Gasteiger partial charge is 0.327 e. The lowest BCUT2D eigenvalue weighted by molar-refractivity contribution is -0.120. The fourth-order valence-electron chi connectivity index (χ4n) is 3.72. The molecule has 0 unspecified atom stereocenters. The molecule has 0 atom stereocenters. The van der Waals surface area contributed by atoms with E-state index in [1.54, 1.807) is 6.07 Å². The van der Waals surface area contributed by atoms with Gasteiger partial charge in [0.1, 0.15) is 5.15 Å². The Morgan fingerprint density at radius 2 is 1.78 bits per heavy atom. The first-order valence-corrected chi connectivity index (χ1v) is 9.60. The summed E-state index contributed by atoms with van der Waals surface area (Å²) in [4.78, 5) is 26.2. The minimum atomic E-state index is 0.0926. The van der Waals surface area contributed by atoms with Gasteiger partial charge in [-0.1, -0.05) is 29.8 Å². The van der Waals surface area contributed by atoms with Crippen LogP contribution in [-0.4, -0.2) is 67.5 Å². The molecule has 7 heteroatoms. The predicted molar refractivity (Wildman–Crippen MR) is 109 cm³/mol. The van der Waals surface area contributed by atoms with Gasteiger partial charge in [0, 0.05) is 38.9 Å². The highest BCUT2D eigenvalue weighted by atomic mass is 35.5. The van der Waals surface area contributed by atoms with Gasteiger partial charge < -0.3 is 14.7 Å². The smallest absolute Gasteiger partial charge is 0.241 e. The Balaban J connectivity index is 1.67. The molecule has 4 rings (SSSR count). The molecule has 1 fully saturated rings. The van der Waals surface area contributed by atoms with Gasteiger partial charge in [-0.3, -0.25) is 9.69 Å². The van der Waals surface area contributed by atoms with Crippen LogP contribution in [0.2, 0.25) is 5.15 Å². The zero-order valence-corrected chi connectivity index (χ0v) is 16.5. The standard InChI is InChI=1S/C20H24ClN5O/c1-23-9-11-25(12-10-23)14-19(27)26-13-15-5-3-4-6-16(15)24(2)20-17(26)7-8-18(21)22-20/h3-8H,9-14H2,1-2H3. The Morgan fingerprint density at radius 3 is 2.56 bits per heavy atom. The van der Waals surface area contributed by atoms with E-state index in [9.17, 15) is 4.79 Å². The third-order valence-electron chi connectivity index (χ3n) is 5.37. The van der Waals surface area contributed by atoms with Gasteiger partial charge in [0.25, 0.3) is 0 Å². The van der Waals surface area contributed by atoms with Gasteiger partial charge in [-0.05, 0) is 30.8 Å². The highest BCUT2D eigenvalue weighted by Gasteiger charge is 2.29. The van der Waals surface area contributed by atoms with Crippen molar-refractivity contribution < 1.29 is 4.79 Å². The predicted octanol–water partition coefficient (Wildman–Crippen LogP) is 2.60. The molecule has 27 heavy (non-hydrogen) atoms. The second-order valence-corrected chi connectivity index (χ2v) is 7.61. The van der Waals surface area contributed by atoms with Crippen LogP contribution in [0.4, 0.5) is 17.2 Å². The Kier molecular flexibility index (Phi) is 5.04. The summed E-state index contributed by atoms with van der Waals surface area (Å²) in [5, 5.41) is 0.423. The molecular weight excluding hydrogens is 362 g/mol. The van der Waals surface area contributed by atoms with Crippen LogP contribution in [0.1, 0.15) is 5.56 Å². The van der Waals surface area contributed by atoms with E-state index in [-0.39, 0.29) is 5.91 Å². The average Bonchev–Trinajstić information content (AvgIpc) is 2.79. The van der Waals surface area contributed by atoms with E-state index in [0.717, 1.165) is 43.1 Å². The molecule has 3 heterocycles. The van der Waals surface area contributed by atoms with E-state index in [0.29, 0.717) is 24.1 Å². The molecule has 2 aliphatic rings. The second kappa shape index (κ2) is 7.46. The zero-order chi connectivity index (χ0) is 19.0. The number of hydrogen-bond donors (Lipinski definition) is 0. The summed E-state index contributed by atoms with van der Waals surface area (Å²) in [6, 6.07) is 11.8. The number of benzene rings is 1. The van der Waals surface area contributed by atoms with Crippen molar-refractivity contribution in [3.05, 3.63) is 47.1 Å². The van der Waals surface area contributed by atoms with Crippen molar-refractivity contribution in [2.45, 2.75) is 6.54 Å². The third kappa shape index (κ3) is 3.65. The molecule has 0 spiro atoms. The molecule has 0 bridgehead atoms. The van der Waals surface area contributed by atoms with E-state index in [2.05, 4.69) is 34.0 Å². The number of piperazine rings is 1. The molecule has 1 saturated heterocycles.